The third-order valence-corrected chi connectivity index (χ3v) is 9.42. The Morgan fingerprint density at radius 1 is 0.923 bits per heavy atom. The van der Waals surface area contributed by atoms with Crippen LogP contribution in [0.4, 0.5) is 9.59 Å². The Hall–Kier alpha value is -4.79. The number of alkyl carbamates (subject to hydrolysis) is 2. The van der Waals surface area contributed by atoms with Gasteiger partial charge in [-0.2, -0.15) is 0 Å². The Kier molecular flexibility index (Phi) is 13.0. The molecule has 0 aliphatic carbocycles. The first-order valence-electron chi connectivity index (χ1n) is 17.5. The van der Waals surface area contributed by atoms with Crippen LogP contribution in [0, 0.1) is 17.3 Å². The summed E-state index contributed by atoms with van der Waals surface area (Å²) in [5.41, 5.74) is 6.17. The van der Waals surface area contributed by atoms with Crippen molar-refractivity contribution in [3.8, 4) is 16.9 Å². The van der Waals surface area contributed by atoms with Crippen molar-refractivity contribution < 1.29 is 38.1 Å². The molecule has 3 heterocycles. The predicted octanol–water partition coefficient (Wildman–Crippen LogP) is 4.49. The van der Waals surface area contributed by atoms with Crippen LogP contribution in [-0.4, -0.2) is 91.5 Å². The number of amides is 3. The van der Waals surface area contributed by atoms with Crippen molar-refractivity contribution in [3.05, 3.63) is 78.4 Å². The molecule has 2 saturated heterocycles. The lowest BCUT2D eigenvalue weighted by Crippen LogP contribution is -2.58. The van der Waals surface area contributed by atoms with Gasteiger partial charge < -0.3 is 34.3 Å². The molecule has 2 fully saturated rings. The molecular formula is C38H50N6O8. The van der Waals surface area contributed by atoms with E-state index in [0.29, 0.717) is 26.1 Å². The standard InChI is InChI=1S/C38H50N6O8/c1-24(31(17-25-9-13-29(48-5)14-10-25)41-37(47)52-32-22-51-35-30(32)15-16-50-35)20-44(43-34(45)33(38(2,3)4)42-36(46)49-6)21-26-7-11-27(12-8-26)28-18-39-23-40-19-28/h7-14,18-19,23-24,30-33,35H,15-17,20-22H2,1-6H3,(H,41,47)(H,42,46)(H,43,45). The molecule has 0 saturated carbocycles. The lowest BCUT2D eigenvalue weighted by Gasteiger charge is -2.35. The van der Waals surface area contributed by atoms with Gasteiger partial charge in [0.2, 0.25) is 0 Å². The van der Waals surface area contributed by atoms with Crippen molar-refractivity contribution in [2.24, 2.45) is 17.3 Å². The molecule has 3 aromatic rings. The van der Waals surface area contributed by atoms with Crippen LogP contribution in [0.25, 0.3) is 11.1 Å². The van der Waals surface area contributed by atoms with Crippen molar-refractivity contribution >= 4 is 18.1 Å². The number of nitrogens with zero attached hydrogens (tertiary/aromatic N) is 3. The molecule has 14 heteroatoms. The first-order valence-corrected chi connectivity index (χ1v) is 17.5. The summed E-state index contributed by atoms with van der Waals surface area (Å²) in [6, 6.07) is 14.3. The minimum atomic E-state index is -0.904. The largest absolute Gasteiger partial charge is 0.497 e. The molecule has 6 atom stereocenters. The van der Waals surface area contributed by atoms with E-state index in [2.05, 4.69) is 26.0 Å². The second-order valence-corrected chi connectivity index (χ2v) is 14.4. The molecule has 2 aliphatic heterocycles. The summed E-state index contributed by atoms with van der Waals surface area (Å²) in [5.74, 6) is 0.115. The van der Waals surface area contributed by atoms with Crippen molar-refractivity contribution in [2.45, 2.75) is 71.6 Å². The maximum absolute atomic E-state index is 13.9. The highest BCUT2D eigenvalue weighted by molar-refractivity contribution is 5.86. The van der Waals surface area contributed by atoms with E-state index in [1.807, 2.05) is 81.2 Å². The molecule has 0 spiro atoms. The van der Waals surface area contributed by atoms with Crippen LogP contribution in [0.5, 0.6) is 5.75 Å². The Labute approximate surface area is 304 Å². The highest BCUT2D eigenvalue weighted by Gasteiger charge is 2.44. The number of nitrogens with one attached hydrogen (secondary N) is 3. The molecule has 5 rings (SSSR count). The summed E-state index contributed by atoms with van der Waals surface area (Å²) in [5, 5.41) is 7.61. The number of carbonyl (C=O) groups excluding carboxylic acids is 3. The number of hydrazine groups is 1. The SMILES string of the molecule is COC(=O)NC(C(=O)NN(Cc1ccc(-c2cncnc2)cc1)CC(C)C(Cc1ccc(OC)cc1)NC(=O)OC1COC2OCCC12)C(C)(C)C. The topological polar surface area (TPSA) is 162 Å². The molecule has 280 valence electrons. The fraction of sp³-hybridized carbons (Fsp3) is 0.500. The van der Waals surface area contributed by atoms with Gasteiger partial charge in [-0.15, -0.1) is 0 Å². The molecule has 1 aromatic heterocycles. The van der Waals surface area contributed by atoms with Crippen molar-refractivity contribution in [1.82, 2.24) is 31.0 Å². The predicted molar refractivity (Wildman–Crippen MR) is 192 cm³/mol. The summed E-state index contributed by atoms with van der Waals surface area (Å²) in [4.78, 5) is 47.8. The monoisotopic (exact) mass is 718 g/mol. The zero-order valence-electron chi connectivity index (χ0n) is 30.7. The van der Waals surface area contributed by atoms with E-state index in [-0.39, 0.29) is 24.7 Å². The summed E-state index contributed by atoms with van der Waals surface area (Å²) in [6.07, 6.45) is 4.24. The van der Waals surface area contributed by atoms with E-state index in [4.69, 9.17) is 23.7 Å². The van der Waals surface area contributed by atoms with Crippen molar-refractivity contribution in [1.29, 1.82) is 0 Å². The van der Waals surface area contributed by atoms with Gasteiger partial charge in [0.25, 0.3) is 5.91 Å². The zero-order chi connectivity index (χ0) is 37.3. The van der Waals surface area contributed by atoms with E-state index in [1.165, 1.54) is 13.4 Å². The number of hydrogen-bond acceptors (Lipinski definition) is 11. The van der Waals surface area contributed by atoms with Crippen molar-refractivity contribution in [3.63, 3.8) is 0 Å². The molecule has 3 N–H and O–H groups in total. The number of carbonyl (C=O) groups is 3. The molecule has 6 unspecified atom stereocenters. The third kappa shape index (κ3) is 10.4. The van der Waals surface area contributed by atoms with Crippen LogP contribution >= 0.6 is 0 Å². The lowest BCUT2D eigenvalue weighted by atomic mass is 9.86. The Balaban J connectivity index is 1.37. The first kappa shape index (κ1) is 38.4. The minimum Gasteiger partial charge on any atom is -0.497 e. The van der Waals surface area contributed by atoms with Gasteiger partial charge in [0.15, 0.2) is 6.29 Å². The average Bonchev–Trinajstić information content (AvgIpc) is 3.76. The second-order valence-electron chi connectivity index (χ2n) is 14.4. The Morgan fingerprint density at radius 3 is 2.27 bits per heavy atom. The van der Waals surface area contributed by atoms with E-state index in [0.717, 1.165) is 34.4 Å². The number of benzene rings is 2. The molecule has 14 nitrogen and oxygen atoms in total. The van der Waals surface area contributed by atoms with E-state index < -0.39 is 41.7 Å². The number of hydrogen-bond donors (Lipinski definition) is 3. The zero-order valence-corrected chi connectivity index (χ0v) is 30.7. The number of ether oxygens (including phenoxy) is 5. The molecule has 2 aromatic carbocycles. The molecule has 0 radical (unpaired) electrons. The summed E-state index contributed by atoms with van der Waals surface area (Å²) in [7, 11) is 2.87. The van der Waals surface area contributed by atoms with Crippen LogP contribution in [-0.2, 0) is 36.7 Å². The first-order chi connectivity index (χ1) is 24.9. The summed E-state index contributed by atoms with van der Waals surface area (Å²) < 4.78 is 27.4. The number of aromatic nitrogens is 2. The summed E-state index contributed by atoms with van der Waals surface area (Å²) in [6.45, 7) is 9.13. The van der Waals surface area contributed by atoms with Crippen LogP contribution in [0.1, 0.15) is 45.2 Å². The maximum Gasteiger partial charge on any atom is 0.407 e. The molecule has 0 bridgehead atoms. The number of methoxy groups -OCH3 is 2. The van der Waals surface area contributed by atoms with Crippen LogP contribution in [0.15, 0.2) is 67.3 Å². The fourth-order valence-electron chi connectivity index (χ4n) is 6.45. The van der Waals surface area contributed by atoms with Gasteiger partial charge in [-0.25, -0.2) is 24.6 Å². The third-order valence-electron chi connectivity index (χ3n) is 9.42. The Morgan fingerprint density at radius 2 is 1.62 bits per heavy atom. The fourth-order valence-corrected chi connectivity index (χ4v) is 6.45. The van der Waals surface area contributed by atoms with Crippen LogP contribution in [0.3, 0.4) is 0 Å². The average molecular weight is 719 g/mol. The molecule has 3 amide bonds. The van der Waals surface area contributed by atoms with Gasteiger partial charge in [-0.05, 0) is 53.0 Å². The van der Waals surface area contributed by atoms with Gasteiger partial charge in [0, 0.05) is 37.1 Å². The van der Waals surface area contributed by atoms with Gasteiger partial charge in [0.05, 0.1) is 33.4 Å². The van der Waals surface area contributed by atoms with Crippen LogP contribution < -0.4 is 20.8 Å². The van der Waals surface area contributed by atoms with Crippen molar-refractivity contribution in [2.75, 3.05) is 34.0 Å². The van der Waals surface area contributed by atoms with Gasteiger partial charge in [0.1, 0.15) is 24.2 Å². The quantitative estimate of drug-likeness (QED) is 0.201. The van der Waals surface area contributed by atoms with E-state index in [1.54, 1.807) is 19.5 Å². The second kappa shape index (κ2) is 17.6. The highest BCUT2D eigenvalue weighted by Crippen LogP contribution is 2.33. The van der Waals surface area contributed by atoms with Gasteiger partial charge in [-0.1, -0.05) is 64.1 Å². The minimum absolute atomic E-state index is 0.00378. The maximum atomic E-state index is 13.9. The lowest BCUT2D eigenvalue weighted by molar-refractivity contribution is -0.131. The van der Waals surface area contributed by atoms with E-state index in [9.17, 15) is 14.4 Å². The normalized spacial score (nSPS) is 19.9. The molecule has 52 heavy (non-hydrogen) atoms. The number of fused-ring (bicyclic) bond motifs is 1. The van der Waals surface area contributed by atoms with Gasteiger partial charge >= 0.3 is 12.2 Å². The number of rotatable bonds is 14. The summed E-state index contributed by atoms with van der Waals surface area (Å²) >= 11 is 0. The molecular weight excluding hydrogens is 668 g/mol. The van der Waals surface area contributed by atoms with Crippen LogP contribution in [0.2, 0.25) is 0 Å². The van der Waals surface area contributed by atoms with Gasteiger partial charge in [-0.3, -0.25) is 10.2 Å². The molecule has 2 aliphatic rings. The smallest absolute Gasteiger partial charge is 0.407 e. The van der Waals surface area contributed by atoms with E-state index >= 15 is 0 Å². The Bertz CT molecular complexity index is 1620. The highest BCUT2D eigenvalue weighted by atomic mass is 16.7.